The van der Waals surface area contributed by atoms with Crippen molar-refractivity contribution in [3.8, 4) is 0 Å². The van der Waals surface area contributed by atoms with Crippen LogP contribution in [0.5, 0.6) is 0 Å². The molecule has 2 unspecified atom stereocenters. The highest BCUT2D eigenvalue weighted by Crippen LogP contribution is 2.45. The molecule has 0 aliphatic rings. The highest BCUT2D eigenvalue weighted by molar-refractivity contribution is 7.55. The van der Waals surface area contributed by atoms with Gasteiger partial charge < -0.3 is 10.00 Å². The zero-order valence-electron chi connectivity index (χ0n) is 13.6. The largest absolute Gasteiger partial charge is 0.481 e. The average molecular weight is 347 g/mol. The summed E-state index contributed by atoms with van der Waals surface area (Å²) in [6.07, 6.45) is 0.110. The number of hydrogen-bond donors (Lipinski definition) is 3. The van der Waals surface area contributed by atoms with Crippen molar-refractivity contribution in [2.75, 3.05) is 0 Å². The fourth-order valence-corrected chi connectivity index (χ4v) is 4.48. The van der Waals surface area contributed by atoms with Crippen LogP contribution < -0.4 is 5.09 Å². The van der Waals surface area contributed by atoms with Crippen LogP contribution in [0.1, 0.15) is 30.9 Å². The molecule has 0 radical (unpaired) electrons. The fourth-order valence-electron chi connectivity index (χ4n) is 2.68. The number of carbonyl (C=O) groups is 1. The Morgan fingerprint density at radius 1 is 1.08 bits per heavy atom. The molecule has 0 aliphatic carbocycles. The molecule has 2 rings (SSSR count). The van der Waals surface area contributed by atoms with Gasteiger partial charge >= 0.3 is 5.97 Å². The maximum Gasteiger partial charge on any atom is 0.303 e. The lowest BCUT2D eigenvalue weighted by Gasteiger charge is -2.33. The molecule has 24 heavy (non-hydrogen) atoms. The summed E-state index contributed by atoms with van der Waals surface area (Å²) in [4.78, 5) is 21.4. The van der Waals surface area contributed by atoms with E-state index < -0.39 is 19.0 Å². The van der Waals surface area contributed by atoms with Crippen LogP contribution in [0.25, 0.3) is 0 Å². The summed E-state index contributed by atoms with van der Waals surface area (Å²) >= 11 is 0. The molecule has 0 spiro atoms. The van der Waals surface area contributed by atoms with Gasteiger partial charge in [-0.3, -0.25) is 9.36 Å². The first-order valence-corrected chi connectivity index (χ1v) is 9.58. The molecule has 5 nitrogen and oxygen atoms in total. The lowest BCUT2D eigenvalue weighted by Crippen LogP contribution is -2.38. The van der Waals surface area contributed by atoms with Gasteiger partial charge in [0.1, 0.15) is 0 Å². The van der Waals surface area contributed by atoms with Crippen molar-refractivity contribution in [1.29, 1.82) is 0 Å². The molecule has 0 bridgehead atoms. The van der Waals surface area contributed by atoms with E-state index in [1.165, 1.54) is 0 Å². The van der Waals surface area contributed by atoms with Gasteiger partial charge in [-0.15, -0.1) is 0 Å². The lowest BCUT2D eigenvalue weighted by atomic mass is 9.88. The van der Waals surface area contributed by atoms with Gasteiger partial charge in [-0.05, 0) is 24.5 Å². The predicted molar refractivity (Wildman–Crippen MR) is 93.8 cm³/mol. The molecule has 0 aromatic heterocycles. The molecule has 0 fully saturated rings. The Hall–Kier alpha value is -1.94. The molecule has 0 heterocycles. The van der Waals surface area contributed by atoms with Crippen LogP contribution in [-0.2, 0) is 21.1 Å². The molecular weight excluding hydrogens is 325 g/mol. The zero-order valence-corrected chi connectivity index (χ0v) is 14.4. The fraction of sp³-hybridized carbons (Fsp3) is 0.278. The van der Waals surface area contributed by atoms with Gasteiger partial charge in [0.25, 0.3) is 7.52 Å². The van der Waals surface area contributed by atoms with Crippen molar-refractivity contribution >= 4 is 13.5 Å². The lowest BCUT2D eigenvalue weighted by molar-refractivity contribution is -0.137. The van der Waals surface area contributed by atoms with Crippen LogP contribution in [0.15, 0.2) is 60.7 Å². The van der Waals surface area contributed by atoms with E-state index in [0.29, 0.717) is 0 Å². The van der Waals surface area contributed by atoms with Gasteiger partial charge in [-0.2, -0.15) is 0 Å². The Morgan fingerprint density at radius 2 is 1.62 bits per heavy atom. The summed E-state index contributed by atoms with van der Waals surface area (Å²) in [7, 11) is -3.70. The summed E-state index contributed by atoms with van der Waals surface area (Å²) in [5.74, 6) is -0.935. The highest BCUT2D eigenvalue weighted by Gasteiger charge is 2.34. The van der Waals surface area contributed by atoms with Crippen molar-refractivity contribution in [1.82, 2.24) is 5.09 Å². The first kappa shape index (κ1) is 18.4. The zero-order chi connectivity index (χ0) is 17.6. The second-order valence-electron chi connectivity index (χ2n) is 6.05. The van der Waals surface area contributed by atoms with E-state index in [1.54, 1.807) is 19.1 Å². The number of carboxylic acid groups (broad SMARTS) is 1. The molecule has 128 valence electrons. The molecule has 0 saturated heterocycles. The third-order valence-electron chi connectivity index (χ3n) is 3.91. The number of hydrogen-bond acceptors (Lipinski definition) is 2. The SMILES string of the molecule is CC(CCC(=O)O)(NP(=O)(O)Cc1ccccc1)c1ccccc1. The first-order valence-electron chi connectivity index (χ1n) is 7.73. The molecule has 0 saturated carbocycles. The van der Waals surface area contributed by atoms with Gasteiger partial charge in [0, 0.05) is 12.0 Å². The molecule has 2 aromatic rings. The summed E-state index contributed by atoms with van der Waals surface area (Å²) in [5, 5.41) is 11.8. The van der Waals surface area contributed by atoms with E-state index >= 15 is 0 Å². The Bertz CT molecular complexity index is 720. The van der Waals surface area contributed by atoms with Gasteiger partial charge in [0.15, 0.2) is 0 Å². The van der Waals surface area contributed by atoms with Gasteiger partial charge in [-0.25, -0.2) is 5.09 Å². The van der Waals surface area contributed by atoms with E-state index in [4.69, 9.17) is 5.11 Å². The highest BCUT2D eigenvalue weighted by atomic mass is 31.2. The van der Waals surface area contributed by atoms with Gasteiger partial charge in [-0.1, -0.05) is 60.7 Å². The number of aliphatic carboxylic acids is 1. The quantitative estimate of drug-likeness (QED) is 0.633. The second kappa shape index (κ2) is 7.75. The maximum atomic E-state index is 12.7. The van der Waals surface area contributed by atoms with Crippen molar-refractivity contribution < 1.29 is 19.4 Å². The topological polar surface area (TPSA) is 86.6 Å². The van der Waals surface area contributed by atoms with Gasteiger partial charge in [0.2, 0.25) is 0 Å². The van der Waals surface area contributed by atoms with Crippen LogP contribution in [0.3, 0.4) is 0 Å². The molecule has 0 amide bonds. The Kier molecular flexibility index (Phi) is 5.94. The summed E-state index contributed by atoms with van der Waals surface area (Å²) < 4.78 is 12.7. The van der Waals surface area contributed by atoms with E-state index in [9.17, 15) is 14.3 Å². The van der Waals surface area contributed by atoms with Crippen LogP contribution >= 0.6 is 7.52 Å². The summed E-state index contributed by atoms with van der Waals surface area (Å²) in [6, 6.07) is 18.2. The molecule has 2 aromatic carbocycles. The Balaban J connectivity index is 2.23. The summed E-state index contributed by atoms with van der Waals surface area (Å²) in [5.41, 5.74) is 0.636. The van der Waals surface area contributed by atoms with Crippen LogP contribution in [0.4, 0.5) is 0 Å². The minimum atomic E-state index is -3.70. The number of carboxylic acids is 1. The van der Waals surface area contributed by atoms with Crippen LogP contribution in [0.2, 0.25) is 0 Å². The first-order chi connectivity index (χ1) is 11.3. The third-order valence-corrected chi connectivity index (χ3v) is 5.55. The van der Waals surface area contributed by atoms with Crippen molar-refractivity contribution in [3.05, 3.63) is 71.8 Å². The van der Waals surface area contributed by atoms with E-state index in [0.717, 1.165) is 11.1 Å². The number of rotatable bonds is 8. The normalized spacial score (nSPS) is 16.1. The van der Waals surface area contributed by atoms with Gasteiger partial charge in [0.05, 0.1) is 6.16 Å². The molecule has 2 atom stereocenters. The molecular formula is C18H22NO4P. The van der Waals surface area contributed by atoms with Crippen molar-refractivity contribution in [2.24, 2.45) is 0 Å². The Labute approximate surface area is 141 Å². The molecule has 6 heteroatoms. The minimum absolute atomic E-state index is 0.0106. The monoisotopic (exact) mass is 347 g/mol. The second-order valence-corrected chi connectivity index (χ2v) is 7.99. The van der Waals surface area contributed by atoms with E-state index in [1.807, 2.05) is 48.5 Å². The van der Waals surface area contributed by atoms with Crippen LogP contribution in [0, 0.1) is 0 Å². The minimum Gasteiger partial charge on any atom is -0.481 e. The number of nitrogens with one attached hydrogen (secondary N) is 1. The third kappa shape index (κ3) is 5.31. The molecule has 3 N–H and O–H groups in total. The average Bonchev–Trinajstić information content (AvgIpc) is 2.54. The van der Waals surface area contributed by atoms with E-state index in [2.05, 4.69) is 5.09 Å². The van der Waals surface area contributed by atoms with Crippen molar-refractivity contribution in [3.63, 3.8) is 0 Å². The Morgan fingerprint density at radius 3 is 2.17 bits per heavy atom. The smallest absolute Gasteiger partial charge is 0.303 e. The van der Waals surface area contributed by atoms with Crippen molar-refractivity contribution in [2.45, 2.75) is 31.5 Å². The maximum absolute atomic E-state index is 12.7. The molecule has 0 aliphatic heterocycles. The van der Waals surface area contributed by atoms with Crippen LogP contribution in [-0.4, -0.2) is 16.0 Å². The number of benzene rings is 2. The predicted octanol–water partition coefficient (Wildman–Crippen LogP) is 3.74. The standard InChI is InChI=1S/C18H22NO4P/c1-18(13-12-17(20)21,16-10-6-3-7-11-16)19-24(22,23)14-15-8-4-2-5-9-15/h2-11H,12-14H2,1H3,(H,20,21)(H2,19,22,23). The summed E-state index contributed by atoms with van der Waals surface area (Å²) in [6.45, 7) is 1.76. The van der Waals surface area contributed by atoms with E-state index in [-0.39, 0.29) is 19.0 Å².